The molecule has 232 valence electrons. The van der Waals surface area contributed by atoms with E-state index in [9.17, 15) is 14.9 Å². The molecule has 2 aliphatic rings. The van der Waals surface area contributed by atoms with Crippen molar-refractivity contribution in [1.82, 2.24) is 28.9 Å². The number of amides is 1. The fourth-order valence-electron chi connectivity index (χ4n) is 5.97. The number of hydrogen-bond acceptors (Lipinski definition) is 9. The number of anilines is 1. The summed E-state index contributed by atoms with van der Waals surface area (Å²) < 4.78 is 14.3. The molecular formula is C33H36N8O4. The lowest BCUT2D eigenvalue weighted by atomic mass is 9.96. The zero-order chi connectivity index (χ0) is 31.7. The smallest absolute Gasteiger partial charge is 0.335 e. The molecule has 2 aromatic heterocycles. The fraction of sp³-hybridized carbons (Fsp3) is 0.364. The average Bonchev–Trinajstić information content (AvgIpc) is 3.59. The van der Waals surface area contributed by atoms with Crippen molar-refractivity contribution >= 4 is 22.9 Å². The number of aromatic nitrogens is 4. The van der Waals surface area contributed by atoms with Gasteiger partial charge in [0.2, 0.25) is 0 Å². The molecule has 6 rings (SSSR count). The summed E-state index contributed by atoms with van der Waals surface area (Å²) in [6.07, 6.45) is 4.50. The first-order valence-electron chi connectivity index (χ1n) is 15.0. The van der Waals surface area contributed by atoms with Crippen LogP contribution in [0.4, 0.5) is 5.82 Å². The Hall–Kier alpha value is -4.99. The zero-order valence-corrected chi connectivity index (χ0v) is 25.6. The molecule has 0 unspecified atom stereocenters. The number of ether oxygens (including phenoxy) is 2. The van der Waals surface area contributed by atoms with Crippen molar-refractivity contribution in [3.8, 4) is 23.3 Å². The highest BCUT2D eigenvalue weighted by molar-refractivity contribution is 5.97. The molecule has 2 aromatic carbocycles. The van der Waals surface area contributed by atoms with Crippen molar-refractivity contribution in [2.24, 2.45) is 0 Å². The van der Waals surface area contributed by atoms with Gasteiger partial charge in [0, 0.05) is 18.6 Å². The van der Waals surface area contributed by atoms with Gasteiger partial charge < -0.3 is 20.1 Å². The molecule has 4 aromatic rings. The van der Waals surface area contributed by atoms with E-state index in [1.54, 1.807) is 39.8 Å². The van der Waals surface area contributed by atoms with Crippen LogP contribution in [0, 0.1) is 11.3 Å². The molecule has 1 atom stereocenters. The fourth-order valence-corrected chi connectivity index (χ4v) is 5.97. The van der Waals surface area contributed by atoms with Crippen molar-refractivity contribution in [1.29, 1.82) is 5.26 Å². The number of imidazole rings is 1. The van der Waals surface area contributed by atoms with Gasteiger partial charge in [-0.1, -0.05) is 18.2 Å². The lowest BCUT2D eigenvalue weighted by Crippen LogP contribution is -2.55. The quantitative estimate of drug-likeness (QED) is 0.223. The number of nitriles is 1. The molecule has 1 amide bonds. The summed E-state index contributed by atoms with van der Waals surface area (Å²) in [6, 6.07) is 18.6. The Labute approximate surface area is 260 Å². The topological polar surface area (TPSA) is 145 Å². The maximum Gasteiger partial charge on any atom is 0.335 e. The van der Waals surface area contributed by atoms with E-state index in [1.807, 2.05) is 51.2 Å². The standard InChI is InChI=1S/C33H36N8O4/c1-33(2,38(3)25-19-44-20-25)16-22(17-34)31(42)39-15-7-8-24(39)18-40-30-28(29(35)36-21-37-30)41(32(40)43)23-11-13-27(14-12-23)45-26-9-5-4-6-10-26/h4-6,9-14,16,21,24-25H,7-8,15,18-20H2,1-3H3,(H2,35,36,37)/t24-/m0/s1. The van der Waals surface area contributed by atoms with Crippen molar-refractivity contribution in [3.05, 3.63) is 83.1 Å². The van der Waals surface area contributed by atoms with Gasteiger partial charge in [0.1, 0.15) is 35.0 Å². The second-order valence-electron chi connectivity index (χ2n) is 12.0. The second kappa shape index (κ2) is 12.2. The Morgan fingerprint density at radius 2 is 1.87 bits per heavy atom. The number of nitrogens with two attached hydrogens (primary N) is 1. The number of hydrogen-bond donors (Lipinski definition) is 1. The second-order valence-corrected chi connectivity index (χ2v) is 12.0. The van der Waals surface area contributed by atoms with Crippen LogP contribution in [-0.4, -0.2) is 79.2 Å². The van der Waals surface area contributed by atoms with Gasteiger partial charge >= 0.3 is 5.69 Å². The molecule has 12 nitrogen and oxygen atoms in total. The van der Waals surface area contributed by atoms with Crippen molar-refractivity contribution < 1.29 is 14.3 Å². The van der Waals surface area contributed by atoms with Gasteiger partial charge in [0.05, 0.1) is 31.0 Å². The molecule has 4 heterocycles. The minimum atomic E-state index is -0.537. The molecule has 2 fully saturated rings. The molecular weight excluding hydrogens is 572 g/mol. The summed E-state index contributed by atoms with van der Waals surface area (Å²) in [7, 11) is 1.97. The number of rotatable bonds is 9. The van der Waals surface area contributed by atoms with Gasteiger partial charge in [0.25, 0.3) is 5.91 Å². The molecule has 2 saturated heterocycles. The minimum Gasteiger partial charge on any atom is -0.457 e. The van der Waals surface area contributed by atoms with Crippen LogP contribution >= 0.6 is 0 Å². The molecule has 0 radical (unpaired) electrons. The maximum atomic E-state index is 14.0. The van der Waals surface area contributed by atoms with Crippen LogP contribution in [0.25, 0.3) is 16.9 Å². The van der Waals surface area contributed by atoms with Gasteiger partial charge in [-0.3, -0.25) is 18.8 Å². The Bertz CT molecular complexity index is 1830. The molecule has 45 heavy (non-hydrogen) atoms. The van der Waals surface area contributed by atoms with Crippen molar-refractivity contribution in [2.75, 3.05) is 32.5 Å². The largest absolute Gasteiger partial charge is 0.457 e. The number of carbonyl (C=O) groups is 1. The van der Waals surface area contributed by atoms with E-state index in [0.717, 1.165) is 6.42 Å². The van der Waals surface area contributed by atoms with Crippen LogP contribution in [-0.2, 0) is 16.1 Å². The number of nitrogen functional groups attached to an aromatic ring is 1. The number of fused-ring (bicyclic) bond motifs is 1. The third-order valence-corrected chi connectivity index (χ3v) is 8.76. The summed E-state index contributed by atoms with van der Waals surface area (Å²) in [5.74, 6) is 1.14. The van der Waals surface area contributed by atoms with E-state index in [0.29, 0.717) is 54.5 Å². The summed E-state index contributed by atoms with van der Waals surface area (Å²) >= 11 is 0. The van der Waals surface area contributed by atoms with Crippen LogP contribution in [0.15, 0.2) is 77.4 Å². The predicted octanol–water partition coefficient (Wildman–Crippen LogP) is 3.51. The Morgan fingerprint density at radius 3 is 2.53 bits per heavy atom. The van der Waals surface area contributed by atoms with Crippen LogP contribution in [0.3, 0.4) is 0 Å². The first-order valence-corrected chi connectivity index (χ1v) is 15.0. The molecule has 12 heteroatoms. The number of likely N-dealkylation sites (N-methyl/N-ethyl adjacent to an activating group) is 1. The van der Waals surface area contributed by atoms with Crippen molar-refractivity contribution in [2.45, 2.75) is 50.9 Å². The molecule has 0 saturated carbocycles. The predicted molar refractivity (Wildman–Crippen MR) is 169 cm³/mol. The first-order chi connectivity index (χ1) is 21.7. The summed E-state index contributed by atoms with van der Waals surface area (Å²) in [5, 5.41) is 10.0. The average molecular weight is 609 g/mol. The normalized spacial score (nSPS) is 17.4. The maximum absolute atomic E-state index is 14.0. The monoisotopic (exact) mass is 608 g/mol. The number of carbonyl (C=O) groups excluding carboxylic acids is 1. The van der Waals surface area contributed by atoms with Gasteiger partial charge in [-0.05, 0) is 76.2 Å². The zero-order valence-electron chi connectivity index (χ0n) is 25.6. The highest BCUT2D eigenvalue weighted by Gasteiger charge is 2.36. The van der Waals surface area contributed by atoms with E-state index in [1.165, 1.54) is 10.9 Å². The minimum absolute atomic E-state index is 0.0816. The molecule has 0 bridgehead atoms. The number of likely N-dealkylation sites (tertiary alicyclic amines) is 1. The van der Waals surface area contributed by atoms with Crippen molar-refractivity contribution in [3.63, 3.8) is 0 Å². The molecule has 0 spiro atoms. The number of para-hydroxylation sites is 1. The Balaban J connectivity index is 1.29. The molecule has 2 aliphatic heterocycles. The Kier molecular flexibility index (Phi) is 8.14. The van der Waals surface area contributed by atoms with Crippen LogP contribution in [0.5, 0.6) is 11.5 Å². The van der Waals surface area contributed by atoms with E-state index in [-0.39, 0.29) is 41.6 Å². The number of nitrogens with zero attached hydrogens (tertiary/aromatic N) is 7. The van der Waals surface area contributed by atoms with E-state index in [4.69, 9.17) is 15.2 Å². The lowest BCUT2D eigenvalue weighted by molar-refractivity contribution is -0.127. The van der Waals surface area contributed by atoms with E-state index < -0.39 is 5.54 Å². The molecule has 2 N–H and O–H groups in total. The van der Waals surface area contributed by atoms with E-state index in [2.05, 4.69) is 20.9 Å². The van der Waals surface area contributed by atoms with Gasteiger partial charge in [0.15, 0.2) is 11.5 Å². The highest BCUT2D eigenvalue weighted by atomic mass is 16.5. The summed E-state index contributed by atoms with van der Waals surface area (Å²) in [6.45, 7) is 5.90. The molecule has 0 aliphatic carbocycles. The highest BCUT2D eigenvalue weighted by Crippen LogP contribution is 2.28. The summed E-state index contributed by atoms with van der Waals surface area (Å²) in [4.78, 5) is 40.2. The van der Waals surface area contributed by atoms with Gasteiger partial charge in [-0.2, -0.15) is 5.26 Å². The van der Waals surface area contributed by atoms with E-state index >= 15 is 0 Å². The number of benzene rings is 2. The van der Waals surface area contributed by atoms with Gasteiger partial charge in [-0.15, -0.1) is 0 Å². The summed E-state index contributed by atoms with van der Waals surface area (Å²) in [5.41, 5.74) is 6.82. The first kappa shape index (κ1) is 30.1. The van der Waals surface area contributed by atoms with Crippen LogP contribution in [0.1, 0.15) is 26.7 Å². The van der Waals surface area contributed by atoms with Gasteiger partial charge in [-0.25, -0.2) is 14.8 Å². The van der Waals surface area contributed by atoms with Crippen LogP contribution < -0.4 is 16.2 Å². The lowest BCUT2D eigenvalue weighted by Gasteiger charge is -2.43. The Morgan fingerprint density at radius 1 is 1.16 bits per heavy atom. The third-order valence-electron chi connectivity index (χ3n) is 8.76. The SMILES string of the molecule is CN(C1COC1)C(C)(C)C=C(C#N)C(=O)N1CCC[C@H]1Cn1c(=O)n(-c2ccc(Oc3ccccc3)cc2)c2c(N)ncnc21. The third kappa shape index (κ3) is 5.80. The van der Waals surface area contributed by atoms with Crippen LogP contribution in [0.2, 0.25) is 0 Å².